The van der Waals surface area contributed by atoms with Crippen LogP contribution in [-0.2, 0) is 9.53 Å². The first-order valence-corrected chi connectivity index (χ1v) is 8.28. The largest absolute Gasteiger partial charge is 0.449 e. The molecule has 2 rings (SSSR count). The Kier molecular flexibility index (Phi) is 6.28. The van der Waals surface area contributed by atoms with E-state index in [4.69, 9.17) is 27.9 Å². The van der Waals surface area contributed by atoms with Crippen LogP contribution in [0.5, 0.6) is 0 Å². The SMILES string of the molecule is C[C@@H](OC(=O)c1cccc(N(C)C)c1)C(=O)Nc1ccc(Cl)cc1Cl. The van der Waals surface area contributed by atoms with E-state index in [1.807, 2.05) is 25.1 Å². The molecule has 1 N–H and O–H groups in total. The summed E-state index contributed by atoms with van der Waals surface area (Å²) in [5.74, 6) is -1.06. The number of nitrogens with zero attached hydrogens (tertiary/aromatic N) is 1. The molecule has 0 spiro atoms. The first-order valence-electron chi connectivity index (χ1n) is 7.52. The molecule has 132 valence electrons. The lowest BCUT2D eigenvalue weighted by molar-refractivity contribution is -0.123. The highest BCUT2D eigenvalue weighted by Crippen LogP contribution is 2.25. The monoisotopic (exact) mass is 380 g/mol. The Morgan fingerprint density at radius 2 is 1.84 bits per heavy atom. The quantitative estimate of drug-likeness (QED) is 0.787. The summed E-state index contributed by atoms with van der Waals surface area (Å²) >= 11 is 11.8. The lowest BCUT2D eigenvalue weighted by atomic mass is 10.2. The molecule has 0 aliphatic carbocycles. The smallest absolute Gasteiger partial charge is 0.338 e. The summed E-state index contributed by atoms with van der Waals surface area (Å²) in [6.07, 6.45) is -0.984. The van der Waals surface area contributed by atoms with Crippen molar-refractivity contribution in [2.45, 2.75) is 13.0 Å². The van der Waals surface area contributed by atoms with Crippen LogP contribution in [0.1, 0.15) is 17.3 Å². The first-order chi connectivity index (χ1) is 11.8. The molecule has 0 heterocycles. The summed E-state index contributed by atoms with van der Waals surface area (Å²) in [6.45, 7) is 1.49. The van der Waals surface area contributed by atoms with Crippen LogP contribution in [0.25, 0.3) is 0 Å². The third kappa shape index (κ3) is 5.11. The van der Waals surface area contributed by atoms with Crippen molar-refractivity contribution in [1.29, 1.82) is 0 Å². The van der Waals surface area contributed by atoms with Crippen LogP contribution >= 0.6 is 23.2 Å². The number of carbonyl (C=O) groups excluding carboxylic acids is 2. The number of anilines is 2. The third-order valence-corrected chi connectivity index (χ3v) is 3.99. The maximum Gasteiger partial charge on any atom is 0.338 e. The van der Waals surface area contributed by atoms with Crippen molar-refractivity contribution in [3.05, 3.63) is 58.1 Å². The Labute approximate surface area is 156 Å². The van der Waals surface area contributed by atoms with Gasteiger partial charge in [-0.25, -0.2) is 4.79 Å². The minimum Gasteiger partial charge on any atom is -0.449 e. The van der Waals surface area contributed by atoms with E-state index in [0.29, 0.717) is 21.3 Å². The molecule has 5 nitrogen and oxygen atoms in total. The average molecular weight is 381 g/mol. The number of halogens is 2. The van der Waals surface area contributed by atoms with Gasteiger partial charge in [0.2, 0.25) is 0 Å². The van der Waals surface area contributed by atoms with Gasteiger partial charge in [-0.05, 0) is 43.3 Å². The molecule has 0 radical (unpaired) electrons. The predicted octanol–water partition coefficient (Wildman–Crippen LogP) is 4.24. The van der Waals surface area contributed by atoms with Crippen LogP contribution in [0.2, 0.25) is 10.0 Å². The Morgan fingerprint density at radius 1 is 1.12 bits per heavy atom. The molecule has 2 aromatic carbocycles. The van der Waals surface area contributed by atoms with Crippen LogP contribution < -0.4 is 10.2 Å². The number of nitrogens with one attached hydrogen (secondary N) is 1. The number of esters is 1. The molecular weight excluding hydrogens is 363 g/mol. The van der Waals surface area contributed by atoms with E-state index in [0.717, 1.165) is 5.69 Å². The Bertz CT molecular complexity index is 794. The molecule has 0 bridgehead atoms. The zero-order chi connectivity index (χ0) is 18.6. The van der Waals surface area contributed by atoms with Crippen molar-refractivity contribution < 1.29 is 14.3 Å². The highest BCUT2D eigenvalue weighted by Gasteiger charge is 2.20. The van der Waals surface area contributed by atoms with E-state index in [9.17, 15) is 9.59 Å². The van der Waals surface area contributed by atoms with Crippen molar-refractivity contribution in [1.82, 2.24) is 0 Å². The summed E-state index contributed by atoms with van der Waals surface area (Å²) in [4.78, 5) is 26.3. The molecule has 0 saturated carbocycles. The van der Waals surface area contributed by atoms with Crippen molar-refractivity contribution in [2.24, 2.45) is 0 Å². The van der Waals surface area contributed by atoms with Crippen molar-refractivity contribution >= 4 is 46.5 Å². The van der Waals surface area contributed by atoms with Gasteiger partial charge in [-0.3, -0.25) is 4.79 Å². The fourth-order valence-corrected chi connectivity index (χ4v) is 2.47. The zero-order valence-corrected chi connectivity index (χ0v) is 15.6. The first kappa shape index (κ1) is 19.1. The second-order valence-electron chi connectivity index (χ2n) is 5.61. The number of carbonyl (C=O) groups is 2. The molecular formula is C18H18Cl2N2O3. The summed E-state index contributed by atoms with van der Waals surface area (Å²) in [5, 5.41) is 3.37. The van der Waals surface area contributed by atoms with Gasteiger partial charge in [0.1, 0.15) is 0 Å². The Hall–Kier alpha value is -2.24. The van der Waals surface area contributed by atoms with E-state index in [1.54, 1.807) is 30.3 Å². The molecule has 0 saturated heterocycles. The van der Waals surface area contributed by atoms with Gasteiger partial charge in [-0.15, -0.1) is 0 Å². The predicted molar refractivity (Wildman–Crippen MR) is 101 cm³/mol. The summed E-state index contributed by atoms with van der Waals surface area (Å²) in [7, 11) is 3.74. The van der Waals surface area contributed by atoms with Crippen LogP contribution in [-0.4, -0.2) is 32.1 Å². The number of amides is 1. The number of hydrogen-bond acceptors (Lipinski definition) is 4. The highest BCUT2D eigenvalue weighted by molar-refractivity contribution is 6.36. The van der Waals surface area contributed by atoms with E-state index in [-0.39, 0.29) is 0 Å². The van der Waals surface area contributed by atoms with Crippen LogP contribution in [0.3, 0.4) is 0 Å². The minimum absolute atomic E-state index is 0.304. The molecule has 25 heavy (non-hydrogen) atoms. The number of rotatable bonds is 5. The van der Waals surface area contributed by atoms with Crippen LogP contribution in [0, 0.1) is 0 Å². The second-order valence-corrected chi connectivity index (χ2v) is 6.45. The van der Waals surface area contributed by atoms with Crippen molar-refractivity contribution in [3.63, 3.8) is 0 Å². The molecule has 0 fully saturated rings. The minimum atomic E-state index is -0.984. The van der Waals surface area contributed by atoms with Gasteiger partial charge in [0.05, 0.1) is 16.3 Å². The molecule has 0 aliphatic heterocycles. The molecule has 0 unspecified atom stereocenters. The molecule has 7 heteroatoms. The van der Waals surface area contributed by atoms with Crippen molar-refractivity contribution in [2.75, 3.05) is 24.3 Å². The molecule has 1 atom stereocenters. The number of benzene rings is 2. The lowest BCUT2D eigenvalue weighted by Crippen LogP contribution is -2.30. The number of ether oxygens (including phenoxy) is 1. The Morgan fingerprint density at radius 3 is 2.48 bits per heavy atom. The van der Waals surface area contributed by atoms with Gasteiger partial charge < -0.3 is 15.0 Å². The van der Waals surface area contributed by atoms with E-state index in [1.165, 1.54) is 13.0 Å². The summed E-state index contributed by atoms with van der Waals surface area (Å²) in [5.41, 5.74) is 1.63. The van der Waals surface area contributed by atoms with Crippen LogP contribution in [0.15, 0.2) is 42.5 Å². The second kappa shape index (κ2) is 8.23. The standard InChI is InChI=1S/C18H18Cl2N2O3/c1-11(17(23)21-16-8-7-13(19)10-15(16)20)25-18(24)12-5-4-6-14(9-12)22(2)3/h4-11H,1-3H3,(H,21,23)/t11-/m1/s1. The normalized spacial score (nSPS) is 11.6. The molecule has 1 amide bonds. The number of hydrogen-bond donors (Lipinski definition) is 1. The fourth-order valence-electron chi connectivity index (χ4n) is 2.02. The summed E-state index contributed by atoms with van der Waals surface area (Å²) < 4.78 is 5.23. The maximum absolute atomic E-state index is 12.2. The third-order valence-electron chi connectivity index (χ3n) is 3.44. The van der Waals surface area contributed by atoms with Crippen LogP contribution in [0.4, 0.5) is 11.4 Å². The van der Waals surface area contributed by atoms with Gasteiger partial charge in [-0.2, -0.15) is 0 Å². The van der Waals surface area contributed by atoms with Crippen molar-refractivity contribution in [3.8, 4) is 0 Å². The van der Waals surface area contributed by atoms with Gasteiger partial charge in [0.15, 0.2) is 6.10 Å². The average Bonchev–Trinajstić information content (AvgIpc) is 2.57. The van der Waals surface area contributed by atoms with E-state index < -0.39 is 18.0 Å². The van der Waals surface area contributed by atoms with Gasteiger partial charge in [0.25, 0.3) is 5.91 Å². The maximum atomic E-state index is 12.2. The van der Waals surface area contributed by atoms with Gasteiger partial charge in [-0.1, -0.05) is 29.3 Å². The topological polar surface area (TPSA) is 58.6 Å². The molecule has 0 aromatic heterocycles. The van der Waals surface area contributed by atoms with Gasteiger partial charge >= 0.3 is 5.97 Å². The van der Waals surface area contributed by atoms with E-state index in [2.05, 4.69) is 5.32 Å². The zero-order valence-electron chi connectivity index (χ0n) is 14.0. The summed E-state index contributed by atoms with van der Waals surface area (Å²) in [6, 6.07) is 11.7. The molecule has 0 aliphatic rings. The Balaban J connectivity index is 2.03. The molecule has 2 aromatic rings. The van der Waals surface area contributed by atoms with E-state index >= 15 is 0 Å². The highest BCUT2D eigenvalue weighted by atomic mass is 35.5. The lowest BCUT2D eigenvalue weighted by Gasteiger charge is -2.16. The van der Waals surface area contributed by atoms with Gasteiger partial charge in [0, 0.05) is 24.8 Å². The fraction of sp³-hybridized carbons (Fsp3) is 0.222.